The molecule has 0 aromatic carbocycles. The summed E-state index contributed by atoms with van der Waals surface area (Å²) in [6, 6.07) is 0. The predicted molar refractivity (Wildman–Crippen MR) is 66.1 cm³/mol. The zero-order valence-electron chi connectivity index (χ0n) is 11.0. The monoisotopic (exact) mass is 224 g/mol. The Bertz CT molecular complexity index is 280. The van der Waals surface area contributed by atoms with Crippen LogP contribution in [0.15, 0.2) is 12.2 Å². The highest BCUT2D eigenvalue weighted by Crippen LogP contribution is 2.40. The van der Waals surface area contributed by atoms with Crippen molar-refractivity contribution in [2.45, 2.75) is 59.0 Å². The Labute approximate surface area is 99.1 Å². The van der Waals surface area contributed by atoms with Crippen LogP contribution in [0.5, 0.6) is 0 Å². The van der Waals surface area contributed by atoms with Crippen LogP contribution in [0.3, 0.4) is 0 Å². The van der Waals surface area contributed by atoms with Crippen molar-refractivity contribution in [3.05, 3.63) is 12.2 Å². The van der Waals surface area contributed by atoms with Gasteiger partial charge in [-0.1, -0.05) is 33.8 Å². The molecule has 0 heterocycles. The van der Waals surface area contributed by atoms with E-state index in [-0.39, 0.29) is 11.6 Å². The van der Waals surface area contributed by atoms with Gasteiger partial charge in [0.2, 0.25) is 0 Å². The highest BCUT2D eigenvalue weighted by Gasteiger charge is 2.41. The molecule has 0 aromatic heterocycles. The third kappa shape index (κ3) is 2.87. The maximum absolute atomic E-state index is 11.7. The van der Waals surface area contributed by atoms with Crippen LogP contribution in [-0.2, 0) is 9.53 Å². The molecule has 92 valence electrons. The molecule has 0 N–H and O–H groups in total. The molecule has 0 amide bonds. The molecule has 0 aliphatic heterocycles. The summed E-state index contributed by atoms with van der Waals surface area (Å²) >= 11 is 0. The molecule has 0 spiro atoms. The number of ether oxygens (including phenoxy) is 1. The fourth-order valence-electron chi connectivity index (χ4n) is 2.55. The average Bonchev–Trinajstić information content (AvgIpc) is 2.17. The second kappa shape index (κ2) is 5.03. The van der Waals surface area contributed by atoms with E-state index in [0.29, 0.717) is 17.4 Å². The van der Waals surface area contributed by atoms with Crippen molar-refractivity contribution in [3.63, 3.8) is 0 Å². The minimum absolute atomic E-state index is 0.234. The standard InChI is InChI=1S/C14H24O2/c1-10(2)13(15)16-14(11(3)4)8-6-7-12(5)9-14/h11-12H,1,6-9H2,2-5H3. The van der Waals surface area contributed by atoms with Gasteiger partial charge in [0.1, 0.15) is 5.60 Å². The summed E-state index contributed by atoms with van der Waals surface area (Å²) in [5.41, 5.74) is 0.242. The Morgan fingerprint density at radius 1 is 1.50 bits per heavy atom. The maximum Gasteiger partial charge on any atom is 0.333 e. The van der Waals surface area contributed by atoms with Gasteiger partial charge in [-0.15, -0.1) is 0 Å². The summed E-state index contributed by atoms with van der Waals surface area (Å²) < 4.78 is 5.73. The van der Waals surface area contributed by atoms with Crippen LogP contribution in [0.4, 0.5) is 0 Å². The molecule has 2 unspecified atom stereocenters. The number of carbonyl (C=O) groups excluding carboxylic acids is 1. The lowest BCUT2D eigenvalue weighted by atomic mass is 9.73. The van der Waals surface area contributed by atoms with Crippen molar-refractivity contribution in [3.8, 4) is 0 Å². The molecule has 0 radical (unpaired) electrons. The minimum atomic E-state index is -0.256. The molecule has 1 saturated carbocycles. The van der Waals surface area contributed by atoms with E-state index in [1.807, 2.05) is 0 Å². The number of carbonyl (C=O) groups is 1. The van der Waals surface area contributed by atoms with Gasteiger partial charge in [0.05, 0.1) is 0 Å². The molecule has 2 atom stereocenters. The zero-order chi connectivity index (χ0) is 12.3. The van der Waals surface area contributed by atoms with Crippen LogP contribution in [0.25, 0.3) is 0 Å². The molecule has 0 saturated heterocycles. The number of hydrogen-bond acceptors (Lipinski definition) is 2. The quantitative estimate of drug-likeness (QED) is 0.539. The first-order valence-electron chi connectivity index (χ1n) is 6.26. The molecular formula is C14H24O2. The molecule has 1 fully saturated rings. The van der Waals surface area contributed by atoms with E-state index in [1.165, 1.54) is 6.42 Å². The highest BCUT2D eigenvalue weighted by molar-refractivity contribution is 5.87. The van der Waals surface area contributed by atoms with E-state index in [9.17, 15) is 4.79 Å². The Hall–Kier alpha value is -0.790. The largest absolute Gasteiger partial charge is 0.455 e. The van der Waals surface area contributed by atoms with Crippen LogP contribution < -0.4 is 0 Å². The predicted octanol–water partition coefficient (Wildman–Crippen LogP) is 3.71. The second-order valence-corrected chi connectivity index (χ2v) is 5.59. The van der Waals surface area contributed by atoms with E-state index in [2.05, 4.69) is 27.4 Å². The number of rotatable bonds is 3. The van der Waals surface area contributed by atoms with Gasteiger partial charge >= 0.3 is 5.97 Å². The Morgan fingerprint density at radius 3 is 2.56 bits per heavy atom. The van der Waals surface area contributed by atoms with Gasteiger partial charge in [-0.25, -0.2) is 4.79 Å². The first kappa shape index (κ1) is 13.3. The minimum Gasteiger partial charge on any atom is -0.455 e. The SMILES string of the molecule is C=C(C)C(=O)OC1(C(C)C)CCCC(C)C1. The first-order valence-corrected chi connectivity index (χ1v) is 6.26. The molecule has 1 rings (SSSR count). The smallest absolute Gasteiger partial charge is 0.333 e. The van der Waals surface area contributed by atoms with Gasteiger partial charge in [0.15, 0.2) is 0 Å². The lowest BCUT2D eigenvalue weighted by Crippen LogP contribution is -2.44. The van der Waals surface area contributed by atoms with Crippen molar-refractivity contribution < 1.29 is 9.53 Å². The molecular weight excluding hydrogens is 200 g/mol. The van der Waals surface area contributed by atoms with Gasteiger partial charge in [-0.05, 0) is 38.0 Å². The molecule has 0 bridgehead atoms. The topological polar surface area (TPSA) is 26.3 Å². The van der Waals surface area contributed by atoms with Crippen LogP contribution in [0.2, 0.25) is 0 Å². The normalized spacial score (nSPS) is 30.2. The van der Waals surface area contributed by atoms with E-state index in [4.69, 9.17) is 4.74 Å². The third-order valence-electron chi connectivity index (χ3n) is 3.69. The fraction of sp³-hybridized carbons (Fsp3) is 0.786. The van der Waals surface area contributed by atoms with Crippen LogP contribution >= 0.6 is 0 Å². The van der Waals surface area contributed by atoms with Crippen molar-refractivity contribution >= 4 is 5.97 Å². The van der Waals surface area contributed by atoms with Crippen LogP contribution in [0.1, 0.15) is 53.4 Å². The van der Waals surface area contributed by atoms with Gasteiger partial charge in [-0.3, -0.25) is 0 Å². The zero-order valence-corrected chi connectivity index (χ0v) is 11.0. The molecule has 1 aliphatic rings. The van der Waals surface area contributed by atoms with Gasteiger partial charge < -0.3 is 4.74 Å². The Balaban J connectivity index is 2.80. The van der Waals surface area contributed by atoms with Crippen molar-refractivity contribution in [1.82, 2.24) is 0 Å². The van der Waals surface area contributed by atoms with Crippen molar-refractivity contribution in [2.75, 3.05) is 0 Å². The number of hydrogen-bond donors (Lipinski definition) is 0. The van der Waals surface area contributed by atoms with Gasteiger partial charge in [-0.2, -0.15) is 0 Å². The summed E-state index contributed by atoms with van der Waals surface area (Å²) in [4.78, 5) is 11.7. The van der Waals surface area contributed by atoms with Crippen LogP contribution in [-0.4, -0.2) is 11.6 Å². The summed E-state index contributed by atoms with van der Waals surface area (Å²) in [6.45, 7) is 11.9. The summed E-state index contributed by atoms with van der Waals surface area (Å²) in [6.07, 6.45) is 4.39. The first-order chi connectivity index (χ1) is 7.37. The van der Waals surface area contributed by atoms with Crippen molar-refractivity contribution in [1.29, 1.82) is 0 Å². The summed E-state index contributed by atoms with van der Waals surface area (Å²) in [7, 11) is 0. The Kier molecular flexibility index (Phi) is 4.17. The Morgan fingerprint density at radius 2 is 2.12 bits per heavy atom. The van der Waals surface area contributed by atoms with E-state index in [0.717, 1.165) is 19.3 Å². The molecule has 16 heavy (non-hydrogen) atoms. The van der Waals surface area contributed by atoms with E-state index >= 15 is 0 Å². The van der Waals surface area contributed by atoms with Crippen molar-refractivity contribution in [2.24, 2.45) is 11.8 Å². The fourth-order valence-corrected chi connectivity index (χ4v) is 2.55. The molecule has 2 nitrogen and oxygen atoms in total. The van der Waals surface area contributed by atoms with Gasteiger partial charge in [0.25, 0.3) is 0 Å². The lowest BCUT2D eigenvalue weighted by molar-refractivity contribution is -0.166. The summed E-state index contributed by atoms with van der Waals surface area (Å²) in [5, 5.41) is 0. The molecule has 2 heteroatoms. The average molecular weight is 224 g/mol. The third-order valence-corrected chi connectivity index (χ3v) is 3.69. The van der Waals surface area contributed by atoms with E-state index < -0.39 is 0 Å². The van der Waals surface area contributed by atoms with E-state index in [1.54, 1.807) is 6.92 Å². The maximum atomic E-state index is 11.7. The molecule has 1 aliphatic carbocycles. The molecule has 0 aromatic rings. The number of esters is 1. The second-order valence-electron chi connectivity index (χ2n) is 5.59. The highest BCUT2D eigenvalue weighted by atomic mass is 16.6. The van der Waals surface area contributed by atoms with Gasteiger partial charge in [0, 0.05) is 5.57 Å². The van der Waals surface area contributed by atoms with Crippen LogP contribution in [0, 0.1) is 11.8 Å². The lowest BCUT2D eigenvalue weighted by Gasteiger charge is -2.42. The summed E-state index contributed by atoms with van der Waals surface area (Å²) in [5.74, 6) is 0.787.